The molecule has 0 aliphatic carbocycles. The van der Waals surface area contributed by atoms with Crippen LogP contribution in [0.4, 0.5) is 13.2 Å². The standard InChI is InChI=1S/C17H16F3N6O4P/c1-8-7-25(9(2)21-8)12-6-13-11(5-10(12)17(18,19)20)22-16(27)15-24-23-14(26(13)15)3-4-31(28,29)30/h5-7H,3-4H2,1-2H3,(H,22,27)(H2,28,29,30). The lowest BCUT2D eigenvalue weighted by molar-refractivity contribution is -0.137. The highest BCUT2D eigenvalue weighted by Gasteiger charge is 2.35. The Labute approximate surface area is 171 Å². The summed E-state index contributed by atoms with van der Waals surface area (Å²) in [4.78, 5) is 37.2. The SMILES string of the molecule is Cc1cn(-c2cc3c(cc2C(F)(F)F)[nH]c(=O)c2nnc(CCP(=O)(O)O)n23)c(C)n1. The van der Waals surface area contributed by atoms with Crippen molar-refractivity contribution >= 4 is 24.3 Å². The van der Waals surface area contributed by atoms with Crippen molar-refractivity contribution in [2.75, 3.05) is 6.16 Å². The molecular formula is C17H16F3N6O4P. The molecule has 0 spiro atoms. The van der Waals surface area contributed by atoms with Crippen molar-refractivity contribution in [2.24, 2.45) is 0 Å². The predicted molar refractivity (Wildman–Crippen MR) is 103 cm³/mol. The Morgan fingerprint density at radius 3 is 2.48 bits per heavy atom. The second-order valence-corrected chi connectivity index (χ2v) is 8.83. The van der Waals surface area contributed by atoms with Crippen LogP contribution in [-0.4, -0.2) is 45.1 Å². The lowest BCUT2D eigenvalue weighted by Gasteiger charge is -2.16. The zero-order chi connectivity index (χ0) is 22.7. The Morgan fingerprint density at radius 1 is 1.19 bits per heavy atom. The van der Waals surface area contributed by atoms with E-state index in [1.54, 1.807) is 13.8 Å². The van der Waals surface area contributed by atoms with Gasteiger partial charge in [-0.25, -0.2) is 4.98 Å². The van der Waals surface area contributed by atoms with Gasteiger partial charge in [0.05, 0.1) is 34.1 Å². The fourth-order valence-corrected chi connectivity index (χ4v) is 3.94. The molecule has 3 N–H and O–H groups in total. The minimum absolute atomic E-state index is 0.0404. The molecule has 31 heavy (non-hydrogen) atoms. The van der Waals surface area contributed by atoms with E-state index in [9.17, 15) is 22.5 Å². The Balaban J connectivity index is 2.07. The van der Waals surface area contributed by atoms with Crippen LogP contribution in [0.15, 0.2) is 23.1 Å². The molecule has 3 heterocycles. The lowest BCUT2D eigenvalue weighted by Crippen LogP contribution is -2.16. The van der Waals surface area contributed by atoms with E-state index >= 15 is 0 Å². The van der Waals surface area contributed by atoms with Crippen molar-refractivity contribution in [3.8, 4) is 5.69 Å². The van der Waals surface area contributed by atoms with Gasteiger partial charge < -0.3 is 19.3 Å². The normalized spacial score (nSPS) is 12.9. The van der Waals surface area contributed by atoms with Crippen LogP contribution >= 0.6 is 7.60 Å². The maximum absolute atomic E-state index is 13.8. The first kappa shape index (κ1) is 21.2. The number of H-pyrrole nitrogens is 1. The van der Waals surface area contributed by atoms with Crippen molar-refractivity contribution < 1.29 is 27.5 Å². The molecule has 1 aromatic carbocycles. The first-order valence-electron chi connectivity index (χ1n) is 8.94. The Hall–Kier alpha value is -3.02. The Bertz CT molecular complexity index is 1430. The van der Waals surface area contributed by atoms with E-state index in [0.29, 0.717) is 11.5 Å². The molecular weight excluding hydrogens is 440 g/mol. The smallest absolute Gasteiger partial charge is 0.324 e. The fraction of sp³-hybridized carbons (Fsp3) is 0.294. The fourth-order valence-electron chi connectivity index (χ4n) is 3.45. The average molecular weight is 456 g/mol. The van der Waals surface area contributed by atoms with Gasteiger partial charge in [-0.1, -0.05) is 0 Å². The quantitative estimate of drug-likeness (QED) is 0.400. The zero-order valence-electron chi connectivity index (χ0n) is 16.2. The Kier molecular flexibility index (Phi) is 4.80. The third-order valence-corrected chi connectivity index (χ3v) is 5.54. The number of hydrogen-bond acceptors (Lipinski definition) is 5. The van der Waals surface area contributed by atoms with E-state index < -0.39 is 31.1 Å². The molecule has 4 aromatic rings. The van der Waals surface area contributed by atoms with Crippen molar-refractivity contribution in [1.82, 2.24) is 29.1 Å². The van der Waals surface area contributed by atoms with Crippen LogP contribution in [0.1, 0.15) is 22.9 Å². The number of nitrogens with one attached hydrogen (secondary N) is 1. The minimum Gasteiger partial charge on any atom is -0.324 e. The highest BCUT2D eigenvalue weighted by atomic mass is 31.2. The van der Waals surface area contributed by atoms with Crippen molar-refractivity contribution in [3.63, 3.8) is 0 Å². The molecule has 0 fully saturated rings. The van der Waals surface area contributed by atoms with Gasteiger partial charge in [-0.05, 0) is 26.0 Å². The van der Waals surface area contributed by atoms with Crippen LogP contribution in [0.2, 0.25) is 0 Å². The predicted octanol–water partition coefficient (Wildman–Crippen LogP) is 2.11. The molecule has 0 aliphatic rings. The molecule has 0 bridgehead atoms. The second kappa shape index (κ2) is 7.01. The first-order chi connectivity index (χ1) is 14.3. The van der Waals surface area contributed by atoms with Crippen LogP contribution in [-0.2, 0) is 17.2 Å². The summed E-state index contributed by atoms with van der Waals surface area (Å²) in [5, 5.41) is 7.55. The van der Waals surface area contributed by atoms with E-state index in [1.807, 2.05) is 0 Å². The number of aromatic amines is 1. The zero-order valence-corrected chi connectivity index (χ0v) is 17.1. The van der Waals surface area contributed by atoms with Crippen LogP contribution < -0.4 is 5.56 Å². The molecule has 0 saturated carbocycles. The highest BCUT2D eigenvalue weighted by Crippen LogP contribution is 2.37. The molecule has 10 nitrogen and oxygen atoms in total. The van der Waals surface area contributed by atoms with E-state index in [2.05, 4.69) is 20.2 Å². The van der Waals surface area contributed by atoms with Gasteiger partial charge in [-0.3, -0.25) is 13.8 Å². The molecule has 3 aromatic heterocycles. The summed E-state index contributed by atoms with van der Waals surface area (Å²) in [7, 11) is -4.38. The number of imidazole rings is 1. The van der Waals surface area contributed by atoms with Crippen LogP contribution in [0, 0.1) is 13.8 Å². The summed E-state index contributed by atoms with van der Waals surface area (Å²) in [5.41, 5.74) is -1.64. The third kappa shape index (κ3) is 3.87. The summed E-state index contributed by atoms with van der Waals surface area (Å²) in [6.45, 7) is 3.21. The molecule has 164 valence electrons. The molecule has 0 unspecified atom stereocenters. The van der Waals surface area contributed by atoms with E-state index in [-0.39, 0.29) is 34.6 Å². The molecule has 0 atom stereocenters. The summed E-state index contributed by atoms with van der Waals surface area (Å²) in [5.74, 6) is 0.368. The van der Waals surface area contributed by atoms with E-state index in [0.717, 1.165) is 6.07 Å². The van der Waals surface area contributed by atoms with Gasteiger partial charge in [0, 0.05) is 12.6 Å². The average Bonchev–Trinajstić information content (AvgIpc) is 3.21. The number of benzene rings is 1. The van der Waals surface area contributed by atoms with Gasteiger partial charge in [0.15, 0.2) is 0 Å². The molecule has 0 radical (unpaired) electrons. The van der Waals surface area contributed by atoms with Gasteiger partial charge in [-0.2, -0.15) is 13.2 Å². The molecule has 0 aliphatic heterocycles. The van der Waals surface area contributed by atoms with Crippen LogP contribution in [0.3, 0.4) is 0 Å². The minimum atomic E-state index is -4.73. The third-order valence-electron chi connectivity index (χ3n) is 4.73. The number of halogens is 3. The largest absolute Gasteiger partial charge is 0.418 e. The summed E-state index contributed by atoms with van der Waals surface area (Å²) in [6.07, 6.45) is -4.06. The van der Waals surface area contributed by atoms with Crippen molar-refractivity contribution in [2.45, 2.75) is 26.4 Å². The summed E-state index contributed by atoms with van der Waals surface area (Å²) in [6, 6.07) is 2.03. The summed E-state index contributed by atoms with van der Waals surface area (Å²) < 4.78 is 55.3. The lowest BCUT2D eigenvalue weighted by atomic mass is 10.1. The second-order valence-electron chi connectivity index (χ2n) is 7.05. The Morgan fingerprint density at radius 2 is 1.90 bits per heavy atom. The van der Waals surface area contributed by atoms with Crippen molar-refractivity contribution in [1.29, 1.82) is 0 Å². The molecule has 0 amide bonds. The maximum atomic E-state index is 13.8. The number of aromatic nitrogens is 6. The number of hydrogen-bond donors (Lipinski definition) is 3. The van der Waals surface area contributed by atoms with Crippen LogP contribution in [0.5, 0.6) is 0 Å². The van der Waals surface area contributed by atoms with Gasteiger partial charge in [0.1, 0.15) is 11.6 Å². The van der Waals surface area contributed by atoms with Crippen LogP contribution in [0.25, 0.3) is 22.4 Å². The monoisotopic (exact) mass is 456 g/mol. The first-order valence-corrected chi connectivity index (χ1v) is 10.7. The van der Waals surface area contributed by atoms with E-state index in [4.69, 9.17) is 9.79 Å². The maximum Gasteiger partial charge on any atom is 0.418 e. The number of fused-ring (bicyclic) bond motifs is 3. The van der Waals surface area contributed by atoms with Gasteiger partial charge in [0.2, 0.25) is 5.65 Å². The number of nitrogens with zero attached hydrogens (tertiary/aromatic N) is 5. The highest BCUT2D eigenvalue weighted by molar-refractivity contribution is 7.51. The molecule has 14 heteroatoms. The van der Waals surface area contributed by atoms with Gasteiger partial charge in [0.25, 0.3) is 5.56 Å². The van der Waals surface area contributed by atoms with Crippen molar-refractivity contribution in [3.05, 3.63) is 51.6 Å². The molecule has 4 rings (SSSR count). The number of aryl methyl sites for hydroxylation is 3. The van der Waals surface area contributed by atoms with Gasteiger partial charge >= 0.3 is 13.8 Å². The topological polar surface area (TPSA) is 138 Å². The number of rotatable bonds is 4. The summed E-state index contributed by atoms with van der Waals surface area (Å²) >= 11 is 0. The number of alkyl halides is 3. The van der Waals surface area contributed by atoms with Gasteiger partial charge in [-0.15, -0.1) is 10.2 Å². The molecule has 0 saturated heterocycles. The van der Waals surface area contributed by atoms with E-state index in [1.165, 1.54) is 21.2 Å².